The lowest BCUT2D eigenvalue weighted by atomic mass is 10.2. The zero-order valence-electron chi connectivity index (χ0n) is 10.2. The fraction of sp³-hybridized carbons (Fsp3) is 0.154. The van der Waals surface area contributed by atoms with E-state index in [0.29, 0.717) is 5.56 Å². The molecule has 98 valence electrons. The molecule has 2 aromatic rings. The maximum atomic E-state index is 12.8. The fourth-order valence-electron chi connectivity index (χ4n) is 1.54. The minimum absolute atomic E-state index is 0.0456. The van der Waals surface area contributed by atoms with Gasteiger partial charge in [-0.15, -0.1) is 0 Å². The first-order valence-corrected chi connectivity index (χ1v) is 5.51. The number of hydrogen-bond donors (Lipinski definition) is 0. The maximum absolute atomic E-state index is 12.8. The van der Waals surface area contributed by atoms with Crippen LogP contribution in [0.25, 0.3) is 0 Å². The molecule has 0 amide bonds. The van der Waals surface area contributed by atoms with Crippen LogP contribution in [-0.2, 0) is 11.3 Å². The Morgan fingerprint density at radius 3 is 2.58 bits per heavy atom. The monoisotopic (exact) mass is 262 g/mol. The van der Waals surface area contributed by atoms with Crippen LogP contribution in [-0.4, -0.2) is 22.9 Å². The van der Waals surface area contributed by atoms with Crippen LogP contribution in [0.5, 0.6) is 0 Å². The summed E-state index contributed by atoms with van der Waals surface area (Å²) < 4.78 is 18.4. The highest BCUT2D eigenvalue weighted by Gasteiger charge is 2.09. The molecule has 0 aliphatic rings. The van der Waals surface area contributed by atoms with E-state index in [2.05, 4.69) is 9.84 Å². The van der Waals surface area contributed by atoms with E-state index in [1.807, 2.05) is 0 Å². The minimum atomic E-state index is -0.618. The number of rotatable bonds is 3. The Labute approximate surface area is 108 Å². The van der Waals surface area contributed by atoms with Gasteiger partial charge in [0.15, 0.2) is 5.69 Å². The molecule has 0 aliphatic carbocycles. The molecular formula is C13H11FN2O3. The van der Waals surface area contributed by atoms with Crippen molar-refractivity contribution in [1.82, 2.24) is 9.78 Å². The van der Waals surface area contributed by atoms with Crippen molar-refractivity contribution in [2.24, 2.45) is 0 Å². The van der Waals surface area contributed by atoms with Gasteiger partial charge in [-0.3, -0.25) is 4.79 Å². The molecule has 0 aliphatic heterocycles. The number of halogens is 1. The summed E-state index contributed by atoms with van der Waals surface area (Å²) in [5.74, 6) is -0.972. The molecule has 19 heavy (non-hydrogen) atoms. The number of carbonyl (C=O) groups is 1. The highest BCUT2D eigenvalue weighted by Crippen LogP contribution is 2.04. The summed E-state index contributed by atoms with van der Waals surface area (Å²) in [6.45, 7) is 0.157. The second-order valence-electron chi connectivity index (χ2n) is 3.83. The maximum Gasteiger partial charge on any atom is 0.358 e. The van der Waals surface area contributed by atoms with Gasteiger partial charge in [-0.05, 0) is 23.8 Å². The predicted octanol–water partition coefficient (Wildman–Crippen LogP) is 1.22. The summed E-state index contributed by atoms with van der Waals surface area (Å²) in [5, 5.41) is 3.90. The molecule has 0 fully saturated rings. The van der Waals surface area contributed by atoms with Crippen molar-refractivity contribution in [1.29, 1.82) is 0 Å². The van der Waals surface area contributed by atoms with Gasteiger partial charge in [0.05, 0.1) is 13.7 Å². The Kier molecular flexibility index (Phi) is 3.70. The van der Waals surface area contributed by atoms with Gasteiger partial charge in [0.2, 0.25) is 0 Å². The van der Waals surface area contributed by atoms with Gasteiger partial charge in [-0.2, -0.15) is 5.10 Å². The molecule has 2 rings (SSSR count). The van der Waals surface area contributed by atoms with Crippen molar-refractivity contribution in [3.05, 3.63) is 63.8 Å². The van der Waals surface area contributed by atoms with E-state index in [4.69, 9.17) is 0 Å². The zero-order valence-corrected chi connectivity index (χ0v) is 10.2. The predicted molar refractivity (Wildman–Crippen MR) is 65.3 cm³/mol. The second-order valence-corrected chi connectivity index (χ2v) is 3.83. The number of methoxy groups -OCH3 is 1. The van der Waals surface area contributed by atoms with E-state index in [0.717, 1.165) is 4.68 Å². The summed E-state index contributed by atoms with van der Waals surface area (Å²) in [7, 11) is 1.24. The Hall–Kier alpha value is -2.50. The molecule has 0 spiro atoms. The minimum Gasteiger partial charge on any atom is -0.464 e. The van der Waals surface area contributed by atoms with Crippen LogP contribution in [0, 0.1) is 5.82 Å². The van der Waals surface area contributed by atoms with Gasteiger partial charge in [-0.1, -0.05) is 12.1 Å². The summed E-state index contributed by atoms with van der Waals surface area (Å²) >= 11 is 0. The normalized spacial score (nSPS) is 10.2. The molecule has 0 radical (unpaired) electrons. The van der Waals surface area contributed by atoms with E-state index in [9.17, 15) is 14.0 Å². The molecule has 6 heteroatoms. The van der Waals surface area contributed by atoms with Crippen molar-refractivity contribution in [3.63, 3.8) is 0 Å². The molecular weight excluding hydrogens is 251 g/mol. The van der Waals surface area contributed by atoms with Gasteiger partial charge >= 0.3 is 5.97 Å². The van der Waals surface area contributed by atoms with E-state index in [1.54, 1.807) is 12.1 Å². The summed E-state index contributed by atoms with van der Waals surface area (Å²) in [5.41, 5.74) is 0.402. The summed E-state index contributed by atoms with van der Waals surface area (Å²) in [6, 6.07) is 8.23. The van der Waals surface area contributed by atoms with E-state index in [-0.39, 0.29) is 23.6 Å². The quantitative estimate of drug-likeness (QED) is 0.780. The van der Waals surface area contributed by atoms with E-state index >= 15 is 0 Å². The van der Waals surface area contributed by atoms with Crippen molar-refractivity contribution in [3.8, 4) is 0 Å². The van der Waals surface area contributed by atoms with Crippen molar-refractivity contribution >= 4 is 5.97 Å². The van der Waals surface area contributed by atoms with E-state index < -0.39 is 5.97 Å². The summed E-state index contributed by atoms with van der Waals surface area (Å²) in [4.78, 5) is 23.0. The number of aromatic nitrogens is 2. The van der Waals surface area contributed by atoms with Gasteiger partial charge < -0.3 is 4.74 Å². The first kappa shape index (κ1) is 12.9. The first-order chi connectivity index (χ1) is 9.10. The lowest BCUT2D eigenvalue weighted by molar-refractivity contribution is 0.0591. The number of nitrogens with zero attached hydrogens (tertiary/aromatic N) is 2. The molecule has 0 atom stereocenters. The molecule has 0 N–H and O–H groups in total. The van der Waals surface area contributed by atoms with Crippen molar-refractivity contribution < 1.29 is 13.9 Å². The third-order valence-corrected chi connectivity index (χ3v) is 2.51. The molecule has 1 heterocycles. The topological polar surface area (TPSA) is 61.2 Å². The van der Waals surface area contributed by atoms with Crippen LogP contribution >= 0.6 is 0 Å². The van der Waals surface area contributed by atoms with Gasteiger partial charge in [0.1, 0.15) is 5.82 Å². The van der Waals surface area contributed by atoms with E-state index in [1.165, 1.54) is 31.4 Å². The highest BCUT2D eigenvalue weighted by atomic mass is 19.1. The third kappa shape index (κ3) is 3.04. The molecule has 1 aromatic carbocycles. The largest absolute Gasteiger partial charge is 0.464 e. The smallest absolute Gasteiger partial charge is 0.358 e. The van der Waals surface area contributed by atoms with Crippen LogP contribution in [0.1, 0.15) is 16.1 Å². The molecule has 0 unspecified atom stereocenters. The van der Waals surface area contributed by atoms with Crippen LogP contribution < -0.4 is 5.56 Å². The Morgan fingerprint density at radius 2 is 1.95 bits per heavy atom. The molecule has 0 bridgehead atoms. The van der Waals surface area contributed by atoms with Gasteiger partial charge in [0, 0.05) is 6.07 Å². The number of carbonyl (C=O) groups excluding carboxylic acids is 1. The Balaban J connectivity index is 2.31. The highest BCUT2D eigenvalue weighted by molar-refractivity contribution is 5.86. The molecule has 1 aromatic heterocycles. The van der Waals surface area contributed by atoms with Crippen LogP contribution in [0.4, 0.5) is 4.39 Å². The lowest BCUT2D eigenvalue weighted by Crippen LogP contribution is -2.25. The summed E-state index contributed by atoms with van der Waals surface area (Å²) in [6.07, 6.45) is 0. The number of hydrogen-bond acceptors (Lipinski definition) is 4. The fourth-order valence-corrected chi connectivity index (χ4v) is 1.54. The standard InChI is InChI=1S/C13H11FN2O3/c1-19-13(18)11-6-7-12(17)16(15-11)8-9-2-4-10(14)5-3-9/h2-7H,8H2,1H3. The van der Waals surface area contributed by atoms with Gasteiger partial charge in [0.25, 0.3) is 5.56 Å². The number of ether oxygens (including phenoxy) is 1. The SMILES string of the molecule is COC(=O)c1ccc(=O)n(Cc2ccc(F)cc2)n1. The first-order valence-electron chi connectivity index (χ1n) is 5.51. The molecule has 0 saturated carbocycles. The van der Waals surface area contributed by atoms with Crippen molar-refractivity contribution in [2.45, 2.75) is 6.54 Å². The second kappa shape index (κ2) is 5.43. The van der Waals surface area contributed by atoms with Crippen LogP contribution in [0.15, 0.2) is 41.2 Å². The van der Waals surface area contributed by atoms with Gasteiger partial charge in [-0.25, -0.2) is 13.9 Å². The molecule has 5 nitrogen and oxygen atoms in total. The third-order valence-electron chi connectivity index (χ3n) is 2.51. The average molecular weight is 262 g/mol. The van der Waals surface area contributed by atoms with Crippen LogP contribution in [0.2, 0.25) is 0 Å². The number of benzene rings is 1. The lowest BCUT2D eigenvalue weighted by Gasteiger charge is -2.06. The van der Waals surface area contributed by atoms with Crippen molar-refractivity contribution in [2.75, 3.05) is 7.11 Å². The molecule has 0 saturated heterocycles. The average Bonchev–Trinajstić information content (AvgIpc) is 2.43. The Morgan fingerprint density at radius 1 is 1.26 bits per heavy atom. The van der Waals surface area contributed by atoms with Crippen LogP contribution in [0.3, 0.4) is 0 Å². The Bertz CT molecular complexity index is 650. The number of esters is 1. The zero-order chi connectivity index (χ0) is 13.8.